The van der Waals surface area contributed by atoms with Gasteiger partial charge in [0.05, 0.1) is 23.5 Å². The number of ether oxygens (including phenoxy) is 1. The third-order valence-electron chi connectivity index (χ3n) is 3.54. The minimum atomic E-state index is -4.56. The smallest absolute Gasteiger partial charge is 0.416 e. The van der Waals surface area contributed by atoms with Gasteiger partial charge < -0.3 is 15.4 Å². The lowest BCUT2D eigenvalue weighted by molar-refractivity contribution is -0.137. The van der Waals surface area contributed by atoms with Crippen LogP contribution in [0.25, 0.3) is 0 Å². The highest BCUT2D eigenvalue weighted by Crippen LogP contribution is 2.34. The summed E-state index contributed by atoms with van der Waals surface area (Å²) in [5.74, 6) is -0.304. The fraction of sp³-hybridized carbons (Fsp3) is 0.263. The van der Waals surface area contributed by atoms with Crippen LogP contribution in [-0.2, 0) is 15.8 Å². The van der Waals surface area contributed by atoms with Crippen molar-refractivity contribution < 1.29 is 27.5 Å². The number of carbonyl (C=O) groups is 2. The van der Waals surface area contributed by atoms with E-state index in [1.807, 2.05) is 12.1 Å². The van der Waals surface area contributed by atoms with Gasteiger partial charge in [0.15, 0.2) is 0 Å². The normalized spacial score (nSPS) is 11.0. The molecule has 150 valence electrons. The van der Waals surface area contributed by atoms with E-state index < -0.39 is 23.6 Å². The second kappa shape index (κ2) is 9.59. The molecule has 0 aromatic heterocycles. The molecule has 0 heterocycles. The van der Waals surface area contributed by atoms with Gasteiger partial charge in [0.25, 0.3) is 0 Å². The Bertz CT molecular complexity index is 857. The third kappa shape index (κ3) is 6.88. The van der Waals surface area contributed by atoms with Crippen molar-refractivity contribution >= 4 is 39.1 Å². The van der Waals surface area contributed by atoms with Gasteiger partial charge >= 0.3 is 6.18 Å². The third-order valence-corrected chi connectivity index (χ3v) is 4.04. The maximum absolute atomic E-state index is 12.9. The SMILES string of the molecule is CC(=O)Nc1ccc(C(F)(F)F)cc1NC(=O)CCCOc1cccc(Br)c1. The van der Waals surface area contributed by atoms with Gasteiger partial charge in [-0.2, -0.15) is 13.2 Å². The summed E-state index contributed by atoms with van der Waals surface area (Å²) in [6.07, 6.45) is -4.15. The molecule has 28 heavy (non-hydrogen) atoms. The van der Waals surface area contributed by atoms with E-state index in [-0.39, 0.29) is 24.4 Å². The first-order valence-corrected chi connectivity index (χ1v) is 9.11. The molecule has 2 aromatic carbocycles. The summed E-state index contributed by atoms with van der Waals surface area (Å²) in [6.45, 7) is 1.49. The fourth-order valence-corrected chi connectivity index (χ4v) is 2.69. The fourth-order valence-electron chi connectivity index (χ4n) is 2.31. The summed E-state index contributed by atoms with van der Waals surface area (Å²) in [5.41, 5.74) is -0.933. The first-order valence-electron chi connectivity index (χ1n) is 8.32. The molecule has 5 nitrogen and oxygen atoms in total. The Morgan fingerprint density at radius 3 is 2.46 bits per heavy atom. The Balaban J connectivity index is 1.96. The molecule has 0 aliphatic rings. The molecular formula is C19H18BrF3N2O3. The largest absolute Gasteiger partial charge is 0.494 e. The molecule has 0 bridgehead atoms. The molecule has 0 aliphatic carbocycles. The van der Waals surface area contributed by atoms with E-state index in [1.165, 1.54) is 6.92 Å². The first kappa shape index (κ1) is 21.7. The second-order valence-corrected chi connectivity index (χ2v) is 6.81. The lowest BCUT2D eigenvalue weighted by atomic mass is 10.1. The molecule has 0 unspecified atom stereocenters. The number of anilines is 2. The van der Waals surface area contributed by atoms with E-state index in [2.05, 4.69) is 26.6 Å². The molecular weight excluding hydrogens is 441 g/mol. The van der Waals surface area contributed by atoms with Crippen LogP contribution >= 0.6 is 15.9 Å². The zero-order chi connectivity index (χ0) is 20.7. The molecule has 2 N–H and O–H groups in total. The number of nitrogens with one attached hydrogen (secondary N) is 2. The van der Waals surface area contributed by atoms with Gasteiger partial charge in [0.1, 0.15) is 5.75 Å². The van der Waals surface area contributed by atoms with Crippen molar-refractivity contribution in [3.63, 3.8) is 0 Å². The Kier molecular flexibility index (Phi) is 7.45. The van der Waals surface area contributed by atoms with E-state index in [0.29, 0.717) is 12.2 Å². The van der Waals surface area contributed by atoms with Crippen LogP contribution in [-0.4, -0.2) is 18.4 Å². The van der Waals surface area contributed by atoms with Crippen molar-refractivity contribution in [3.05, 3.63) is 52.5 Å². The molecule has 2 aromatic rings. The monoisotopic (exact) mass is 458 g/mol. The molecule has 0 aliphatic heterocycles. The van der Waals surface area contributed by atoms with Gasteiger partial charge in [-0.3, -0.25) is 9.59 Å². The van der Waals surface area contributed by atoms with Crippen LogP contribution in [0.3, 0.4) is 0 Å². The van der Waals surface area contributed by atoms with Crippen LogP contribution in [0.5, 0.6) is 5.75 Å². The highest BCUT2D eigenvalue weighted by atomic mass is 79.9. The number of carbonyl (C=O) groups excluding carboxylic acids is 2. The summed E-state index contributed by atoms with van der Waals surface area (Å²) in [5, 5.41) is 4.82. The van der Waals surface area contributed by atoms with Crippen LogP contribution in [0.15, 0.2) is 46.9 Å². The molecule has 2 amide bonds. The Morgan fingerprint density at radius 1 is 1.07 bits per heavy atom. The lowest BCUT2D eigenvalue weighted by Gasteiger charge is -2.15. The van der Waals surface area contributed by atoms with Crippen molar-refractivity contribution in [2.24, 2.45) is 0 Å². The van der Waals surface area contributed by atoms with Crippen LogP contribution in [0.2, 0.25) is 0 Å². The summed E-state index contributed by atoms with van der Waals surface area (Å²) in [6, 6.07) is 9.95. The molecule has 0 fully saturated rings. The number of hydrogen-bond acceptors (Lipinski definition) is 3. The van der Waals surface area contributed by atoms with Crippen molar-refractivity contribution in [2.45, 2.75) is 25.9 Å². The number of halogens is 4. The standard InChI is InChI=1S/C19H18BrF3N2O3/c1-12(26)24-16-8-7-13(19(21,22)23)10-17(16)25-18(27)6-3-9-28-15-5-2-4-14(20)11-15/h2,4-5,7-8,10-11H,3,6,9H2,1H3,(H,24,26)(H,25,27). The summed E-state index contributed by atoms with van der Waals surface area (Å²) in [4.78, 5) is 23.3. The molecule has 0 radical (unpaired) electrons. The molecule has 0 saturated carbocycles. The number of rotatable bonds is 7. The van der Waals surface area contributed by atoms with Gasteiger partial charge in [-0.15, -0.1) is 0 Å². The Morgan fingerprint density at radius 2 is 1.82 bits per heavy atom. The molecule has 2 rings (SSSR count). The molecule has 0 spiro atoms. The molecule has 9 heteroatoms. The maximum Gasteiger partial charge on any atom is 0.416 e. The predicted octanol–water partition coefficient (Wildman–Crippen LogP) is 5.22. The predicted molar refractivity (Wildman–Crippen MR) is 103 cm³/mol. The van der Waals surface area contributed by atoms with Crippen molar-refractivity contribution in [1.29, 1.82) is 0 Å². The van der Waals surface area contributed by atoms with Gasteiger partial charge in [0, 0.05) is 17.8 Å². The summed E-state index contributed by atoms with van der Waals surface area (Å²) in [7, 11) is 0. The minimum absolute atomic E-state index is 0.0454. The number of benzene rings is 2. The highest BCUT2D eigenvalue weighted by molar-refractivity contribution is 9.10. The molecule has 0 atom stereocenters. The van der Waals surface area contributed by atoms with E-state index in [4.69, 9.17) is 4.74 Å². The number of alkyl halides is 3. The van der Waals surface area contributed by atoms with Crippen molar-refractivity contribution in [1.82, 2.24) is 0 Å². The second-order valence-electron chi connectivity index (χ2n) is 5.90. The summed E-state index contributed by atoms with van der Waals surface area (Å²) < 4.78 is 45.1. The van der Waals surface area contributed by atoms with Crippen molar-refractivity contribution in [2.75, 3.05) is 17.2 Å². The Labute approximate surface area is 168 Å². The van der Waals surface area contributed by atoms with Crippen LogP contribution in [0.4, 0.5) is 24.5 Å². The van der Waals surface area contributed by atoms with E-state index in [9.17, 15) is 22.8 Å². The van der Waals surface area contributed by atoms with E-state index in [1.54, 1.807) is 12.1 Å². The Hall–Kier alpha value is -2.55. The van der Waals surface area contributed by atoms with Crippen LogP contribution in [0, 0.1) is 0 Å². The highest BCUT2D eigenvalue weighted by Gasteiger charge is 2.31. The van der Waals surface area contributed by atoms with Crippen molar-refractivity contribution in [3.8, 4) is 5.75 Å². The first-order chi connectivity index (χ1) is 13.1. The number of hydrogen-bond donors (Lipinski definition) is 2. The topological polar surface area (TPSA) is 67.4 Å². The van der Waals surface area contributed by atoms with E-state index in [0.717, 1.165) is 22.7 Å². The quantitative estimate of drug-likeness (QED) is 0.558. The van der Waals surface area contributed by atoms with Gasteiger partial charge in [-0.25, -0.2) is 0 Å². The average Bonchev–Trinajstić information content (AvgIpc) is 2.59. The van der Waals surface area contributed by atoms with Gasteiger partial charge in [-0.05, 0) is 42.8 Å². The zero-order valence-electron chi connectivity index (χ0n) is 14.9. The van der Waals surface area contributed by atoms with Crippen LogP contribution < -0.4 is 15.4 Å². The number of amides is 2. The lowest BCUT2D eigenvalue weighted by Crippen LogP contribution is -2.17. The van der Waals surface area contributed by atoms with Crippen LogP contribution in [0.1, 0.15) is 25.3 Å². The van der Waals surface area contributed by atoms with E-state index >= 15 is 0 Å². The van der Waals surface area contributed by atoms with Gasteiger partial charge in [0.2, 0.25) is 11.8 Å². The zero-order valence-corrected chi connectivity index (χ0v) is 16.5. The minimum Gasteiger partial charge on any atom is -0.494 e. The average molecular weight is 459 g/mol. The van der Waals surface area contributed by atoms with Gasteiger partial charge in [-0.1, -0.05) is 22.0 Å². The summed E-state index contributed by atoms with van der Waals surface area (Å²) >= 11 is 3.32. The maximum atomic E-state index is 12.9. The molecule has 0 saturated heterocycles.